The highest BCUT2D eigenvalue weighted by Crippen LogP contribution is 2.25. The Kier molecular flexibility index (Phi) is 3.74. The van der Waals surface area contributed by atoms with Gasteiger partial charge in [0, 0.05) is 4.47 Å². The summed E-state index contributed by atoms with van der Waals surface area (Å²) in [5.41, 5.74) is 5.51. The minimum Gasteiger partial charge on any atom is -0.379 e. The van der Waals surface area contributed by atoms with Gasteiger partial charge in [0.1, 0.15) is 0 Å². The normalized spacial score (nSPS) is 11.3. The summed E-state index contributed by atoms with van der Waals surface area (Å²) in [6.07, 6.45) is 0. The predicted molar refractivity (Wildman–Crippen MR) is 72.2 cm³/mol. The first-order valence-corrected chi connectivity index (χ1v) is 7.34. The Hall–Kier alpha value is -1.98. The number of carbonyl (C=O) groups excluding carboxylic acids is 1. The molecule has 1 heterocycles. The van der Waals surface area contributed by atoms with Crippen molar-refractivity contribution in [1.82, 2.24) is 10.3 Å². The lowest BCUT2D eigenvalue weighted by Gasteiger charge is -2.07. The average Bonchev–Trinajstić information content (AvgIpc) is 2.76. The topological polar surface area (TPSA) is 154 Å². The first-order chi connectivity index (χ1) is 9.29. The molecule has 1 aromatic heterocycles. The van der Waals surface area contributed by atoms with E-state index in [-0.39, 0.29) is 16.4 Å². The fourth-order valence-electron chi connectivity index (χ4n) is 1.31. The van der Waals surface area contributed by atoms with Gasteiger partial charge in [-0.05, 0) is 44.4 Å². The second-order valence-electron chi connectivity index (χ2n) is 3.64. The van der Waals surface area contributed by atoms with E-state index in [1.807, 2.05) is 0 Å². The van der Waals surface area contributed by atoms with E-state index in [0.717, 1.165) is 0 Å². The van der Waals surface area contributed by atoms with E-state index in [4.69, 9.17) is 10.9 Å². The molecule has 20 heavy (non-hydrogen) atoms. The van der Waals surface area contributed by atoms with Gasteiger partial charge in [0.05, 0.1) is 10.6 Å². The molecule has 0 aliphatic rings. The summed E-state index contributed by atoms with van der Waals surface area (Å²) in [5, 5.41) is 14.1. The van der Waals surface area contributed by atoms with Crippen molar-refractivity contribution in [2.24, 2.45) is 5.14 Å². The number of anilines is 2. The summed E-state index contributed by atoms with van der Waals surface area (Å²) in [6, 6.07) is 3.88. The summed E-state index contributed by atoms with van der Waals surface area (Å²) in [6.45, 7) is 0. The van der Waals surface area contributed by atoms with Crippen molar-refractivity contribution in [2.75, 3.05) is 11.1 Å². The highest BCUT2D eigenvalue weighted by atomic mass is 79.9. The van der Waals surface area contributed by atoms with Crippen molar-refractivity contribution < 1.29 is 17.8 Å². The van der Waals surface area contributed by atoms with Gasteiger partial charge in [-0.25, -0.2) is 18.2 Å². The zero-order valence-electron chi connectivity index (χ0n) is 9.70. The standard InChI is InChI=1S/C9H8BrN5O4S/c10-5-3-4(20(12,17)18)1-2-6(5)13-9(16)7-8(11)15-19-14-7/h1-3H,(H2,11,15)(H,13,16)(H2,12,17,18). The minimum atomic E-state index is -3.82. The van der Waals surface area contributed by atoms with Crippen LogP contribution in [0.25, 0.3) is 0 Å². The molecule has 0 spiro atoms. The van der Waals surface area contributed by atoms with Gasteiger partial charge in [0.15, 0.2) is 0 Å². The number of aromatic nitrogens is 2. The molecule has 0 bridgehead atoms. The lowest BCUT2D eigenvalue weighted by molar-refractivity contribution is 0.101. The molecular formula is C9H8BrN5O4S. The molecule has 0 unspecified atom stereocenters. The average molecular weight is 362 g/mol. The fraction of sp³-hybridized carbons (Fsp3) is 0. The predicted octanol–water partition coefficient (Wildman–Crippen LogP) is 0.314. The number of halogens is 1. The molecule has 1 amide bonds. The molecule has 0 atom stereocenters. The highest BCUT2D eigenvalue weighted by Gasteiger charge is 2.18. The van der Waals surface area contributed by atoms with Crippen LogP contribution in [0.5, 0.6) is 0 Å². The number of hydrogen-bond donors (Lipinski definition) is 3. The maximum Gasteiger partial charge on any atom is 0.281 e. The maximum absolute atomic E-state index is 11.8. The second-order valence-corrected chi connectivity index (χ2v) is 6.05. The molecule has 9 nitrogen and oxygen atoms in total. The fourth-order valence-corrected chi connectivity index (χ4v) is 2.48. The monoisotopic (exact) mass is 361 g/mol. The van der Waals surface area contributed by atoms with Crippen molar-refractivity contribution in [3.05, 3.63) is 28.4 Å². The zero-order chi connectivity index (χ0) is 14.9. The van der Waals surface area contributed by atoms with E-state index in [0.29, 0.717) is 10.2 Å². The van der Waals surface area contributed by atoms with Gasteiger partial charge in [-0.15, -0.1) is 0 Å². The first-order valence-electron chi connectivity index (χ1n) is 5.01. The maximum atomic E-state index is 11.8. The van der Waals surface area contributed by atoms with Crippen LogP contribution >= 0.6 is 15.9 Å². The number of benzene rings is 1. The van der Waals surface area contributed by atoms with Gasteiger partial charge in [0.25, 0.3) is 5.91 Å². The molecule has 2 aromatic rings. The van der Waals surface area contributed by atoms with Crippen molar-refractivity contribution in [2.45, 2.75) is 4.90 Å². The molecular weight excluding hydrogens is 354 g/mol. The Morgan fingerprint density at radius 1 is 1.35 bits per heavy atom. The van der Waals surface area contributed by atoms with Crippen LogP contribution in [0.1, 0.15) is 10.5 Å². The largest absolute Gasteiger partial charge is 0.379 e. The molecule has 5 N–H and O–H groups in total. The van der Waals surface area contributed by atoms with Crippen molar-refractivity contribution in [3.63, 3.8) is 0 Å². The Morgan fingerprint density at radius 3 is 2.55 bits per heavy atom. The van der Waals surface area contributed by atoms with Crippen LogP contribution in [0.15, 0.2) is 32.2 Å². The number of hydrogen-bond acceptors (Lipinski definition) is 7. The lowest BCUT2D eigenvalue weighted by Crippen LogP contribution is -2.15. The number of nitrogens with two attached hydrogens (primary N) is 2. The van der Waals surface area contributed by atoms with Crippen molar-refractivity contribution in [3.8, 4) is 0 Å². The van der Waals surface area contributed by atoms with Gasteiger partial charge < -0.3 is 11.1 Å². The molecule has 1 aromatic carbocycles. The third-order valence-electron chi connectivity index (χ3n) is 2.25. The number of amides is 1. The van der Waals surface area contributed by atoms with E-state index in [2.05, 4.69) is 36.2 Å². The summed E-state index contributed by atoms with van der Waals surface area (Å²) in [5.74, 6) is -0.799. The number of nitrogens with one attached hydrogen (secondary N) is 1. The first kappa shape index (κ1) is 14.4. The summed E-state index contributed by atoms with van der Waals surface area (Å²) in [7, 11) is -3.82. The van der Waals surface area contributed by atoms with E-state index >= 15 is 0 Å². The molecule has 0 aliphatic carbocycles. The van der Waals surface area contributed by atoms with Crippen LogP contribution in [0.2, 0.25) is 0 Å². The number of primary sulfonamides is 1. The number of rotatable bonds is 3. The number of sulfonamides is 1. The molecule has 11 heteroatoms. The Balaban J connectivity index is 2.27. The quantitative estimate of drug-likeness (QED) is 0.710. The molecule has 106 valence electrons. The third kappa shape index (κ3) is 2.95. The van der Waals surface area contributed by atoms with Crippen LogP contribution < -0.4 is 16.2 Å². The summed E-state index contributed by atoms with van der Waals surface area (Å²) < 4.78 is 27.0. The molecule has 0 aliphatic heterocycles. The number of carbonyl (C=O) groups is 1. The number of nitrogens with zero attached hydrogens (tertiary/aromatic N) is 2. The SMILES string of the molecule is Nc1nonc1C(=O)Nc1ccc(S(N)(=O)=O)cc1Br. The Labute approximate surface area is 121 Å². The van der Waals surface area contributed by atoms with E-state index in [1.54, 1.807) is 0 Å². The van der Waals surface area contributed by atoms with Crippen LogP contribution in [0, 0.1) is 0 Å². The second kappa shape index (κ2) is 5.19. The molecule has 0 saturated heterocycles. The van der Waals surface area contributed by atoms with E-state index in [1.165, 1.54) is 18.2 Å². The van der Waals surface area contributed by atoms with Gasteiger partial charge in [0.2, 0.25) is 21.5 Å². The van der Waals surface area contributed by atoms with Gasteiger partial charge in [-0.2, -0.15) is 0 Å². The van der Waals surface area contributed by atoms with E-state index in [9.17, 15) is 13.2 Å². The van der Waals surface area contributed by atoms with Crippen molar-refractivity contribution in [1.29, 1.82) is 0 Å². The van der Waals surface area contributed by atoms with Gasteiger partial charge in [-0.3, -0.25) is 4.79 Å². The van der Waals surface area contributed by atoms with Crippen LogP contribution in [0.4, 0.5) is 11.5 Å². The van der Waals surface area contributed by atoms with E-state index < -0.39 is 15.9 Å². The van der Waals surface area contributed by atoms with Crippen LogP contribution in [-0.2, 0) is 10.0 Å². The molecule has 2 rings (SSSR count). The highest BCUT2D eigenvalue weighted by molar-refractivity contribution is 9.10. The molecule has 0 fully saturated rings. The zero-order valence-corrected chi connectivity index (χ0v) is 12.1. The van der Waals surface area contributed by atoms with Gasteiger partial charge >= 0.3 is 0 Å². The van der Waals surface area contributed by atoms with Crippen LogP contribution in [-0.4, -0.2) is 24.6 Å². The smallest absolute Gasteiger partial charge is 0.281 e. The molecule has 0 radical (unpaired) electrons. The lowest BCUT2D eigenvalue weighted by atomic mass is 10.3. The van der Waals surface area contributed by atoms with Gasteiger partial charge in [-0.1, -0.05) is 0 Å². The third-order valence-corrected chi connectivity index (χ3v) is 3.81. The number of nitrogen functional groups attached to an aromatic ring is 1. The van der Waals surface area contributed by atoms with Crippen LogP contribution in [0.3, 0.4) is 0 Å². The molecule has 0 saturated carbocycles. The Bertz CT molecular complexity index is 772. The minimum absolute atomic E-state index is 0.0926. The Morgan fingerprint density at radius 2 is 2.05 bits per heavy atom. The summed E-state index contributed by atoms with van der Waals surface area (Å²) >= 11 is 3.12. The van der Waals surface area contributed by atoms with Crippen molar-refractivity contribution >= 4 is 43.4 Å². The summed E-state index contributed by atoms with van der Waals surface area (Å²) in [4.78, 5) is 11.7.